The molecule has 7 atom stereocenters. The minimum Gasteiger partial charge on any atom is -0.506 e. The number of anilines is 1. The Morgan fingerprint density at radius 1 is 0.955 bits per heavy atom. The first-order chi connectivity index (χ1) is 19.7. The van der Waals surface area contributed by atoms with E-state index in [4.69, 9.17) is 10.8 Å². The molecule has 0 bridgehead atoms. The number of pyridine rings is 1. The summed E-state index contributed by atoms with van der Waals surface area (Å²) in [6.07, 6.45) is -9.29. The molecule has 1 unspecified atom stereocenters. The van der Waals surface area contributed by atoms with E-state index in [1.165, 1.54) is 11.8 Å². The molecule has 0 aromatic carbocycles. The molecule has 3 aromatic heterocycles. The van der Waals surface area contributed by atoms with E-state index in [1.54, 1.807) is 17.5 Å². The SMILES string of the molecule is Cc1ncc(CO)c(C(O)[C@]2(O)[C@H](O)[C@H](O)[C@@H](O)[C@H](O)[C@H]2O)c1O.Cc1ncc(C[n+]2csc(CCO)c2C)c(N)n1.Cl.Cl. The second-order valence-electron chi connectivity index (χ2n) is 10.1. The second-order valence-corrected chi connectivity index (χ2v) is 11.0. The Labute approximate surface area is 269 Å². The minimum atomic E-state index is -2.94. The Balaban J connectivity index is 0.000000436. The standard InChI is InChI=1S/C14H21NO9.C12H17N4OS.2ClH/c1-4-7(17)6(5(3-16)2-15-4)11(21)14(24)12(22)9(19)8(18)10(20)13(14)23;1-8-11(3-4-17)18-7-16(8)6-10-5-14-9(2)15-12(10)13;;/h2,8-13,16-24H,3H2,1H3;5,7,17H,3-4,6H2,1-2H3,(H2,13,14,15);2*1H/q;+1;;/t8-,9-,10+,11?,12-,13-,14+;;;/m1.../s1. The van der Waals surface area contributed by atoms with E-state index in [1.807, 2.05) is 19.4 Å². The van der Waals surface area contributed by atoms with Gasteiger partial charge in [-0.05, 0) is 13.8 Å². The van der Waals surface area contributed by atoms with Crippen molar-refractivity contribution in [3.05, 3.63) is 56.7 Å². The summed E-state index contributed by atoms with van der Waals surface area (Å²) in [6, 6.07) is 0. The predicted molar refractivity (Wildman–Crippen MR) is 161 cm³/mol. The highest BCUT2D eigenvalue weighted by atomic mass is 35.5. The van der Waals surface area contributed by atoms with Crippen LogP contribution in [0.2, 0.25) is 0 Å². The lowest BCUT2D eigenvalue weighted by Gasteiger charge is -2.49. The van der Waals surface area contributed by atoms with E-state index in [0.717, 1.165) is 17.5 Å². The maximum absolute atomic E-state index is 10.6. The predicted octanol–water partition coefficient (Wildman–Crippen LogP) is -2.38. The van der Waals surface area contributed by atoms with Gasteiger partial charge in [-0.15, -0.1) is 24.8 Å². The molecule has 1 saturated carbocycles. The van der Waals surface area contributed by atoms with Crippen LogP contribution in [0.15, 0.2) is 17.9 Å². The van der Waals surface area contributed by atoms with Gasteiger partial charge >= 0.3 is 0 Å². The maximum atomic E-state index is 10.6. The summed E-state index contributed by atoms with van der Waals surface area (Å²) in [4.78, 5) is 13.3. The van der Waals surface area contributed by atoms with Crippen molar-refractivity contribution < 1.29 is 55.6 Å². The summed E-state index contributed by atoms with van der Waals surface area (Å²) in [5.74, 6) is 0.616. The van der Waals surface area contributed by atoms with Gasteiger partial charge in [-0.1, -0.05) is 11.3 Å². The van der Waals surface area contributed by atoms with Gasteiger partial charge in [-0.2, -0.15) is 4.57 Å². The number of nitrogen functional groups attached to an aromatic ring is 1. The number of aliphatic hydroxyl groups excluding tert-OH is 8. The Kier molecular flexibility index (Phi) is 14.7. The van der Waals surface area contributed by atoms with Crippen LogP contribution in [-0.4, -0.2) is 109 Å². The van der Waals surface area contributed by atoms with Gasteiger partial charge in [0.25, 0.3) is 0 Å². The number of nitrogens with zero attached hydrogens (tertiary/aromatic N) is 4. The number of hydrogen-bond acceptors (Lipinski definition) is 15. The largest absolute Gasteiger partial charge is 0.506 e. The monoisotopic (exact) mass is 684 g/mol. The van der Waals surface area contributed by atoms with Gasteiger partial charge in [-0.25, -0.2) is 9.97 Å². The van der Waals surface area contributed by atoms with Crippen molar-refractivity contribution in [1.29, 1.82) is 0 Å². The number of nitrogens with two attached hydrogens (primary N) is 1. The Hall–Kier alpha value is -2.32. The molecule has 3 aromatic rings. The summed E-state index contributed by atoms with van der Waals surface area (Å²) in [5.41, 5.74) is 6.57. The van der Waals surface area contributed by atoms with Crippen LogP contribution in [0.5, 0.6) is 5.75 Å². The van der Waals surface area contributed by atoms with Crippen LogP contribution < -0.4 is 10.3 Å². The lowest BCUT2D eigenvalue weighted by molar-refractivity contribution is -0.689. The summed E-state index contributed by atoms with van der Waals surface area (Å²) in [5, 5.41) is 98.7. The Morgan fingerprint density at radius 3 is 2.05 bits per heavy atom. The van der Waals surface area contributed by atoms with E-state index in [-0.39, 0.29) is 42.7 Å². The number of aromatic nitrogens is 4. The van der Waals surface area contributed by atoms with Crippen LogP contribution in [0, 0.1) is 20.8 Å². The molecule has 18 heteroatoms. The van der Waals surface area contributed by atoms with Gasteiger partial charge in [-0.3, -0.25) is 4.98 Å². The average Bonchev–Trinajstić information content (AvgIpc) is 3.31. The van der Waals surface area contributed by atoms with E-state index >= 15 is 0 Å². The molecule has 44 heavy (non-hydrogen) atoms. The zero-order valence-electron chi connectivity index (χ0n) is 24.1. The van der Waals surface area contributed by atoms with Crippen molar-refractivity contribution in [2.45, 2.75) is 82.6 Å². The number of rotatable bonds is 7. The van der Waals surface area contributed by atoms with Crippen molar-refractivity contribution in [2.75, 3.05) is 12.3 Å². The smallest absolute Gasteiger partial charge is 0.225 e. The van der Waals surface area contributed by atoms with E-state index < -0.39 is 60.1 Å². The third-order valence-electron chi connectivity index (χ3n) is 7.39. The van der Waals surface area contributed by atoms with E-state index in [0.29, 0.717) is 24.6 Å². The number of aryl methyl sites for hydroxylation is 2. The minimum absolute atomic E-state index is 0. The molecule has 1 fully saturated rings. The number of aliphatic hydroxyl groups is 9. The molecular formula is C26H40Cl2N5O10S+. The second kappa shape index (κ2) is 16.3. The molecule has 0 spiro atoms. The number of aromatic hydroxyl groups is 1. The molecule has 0 radical (unpaired) electrons. The summed E-state index contributed by atoms with van der Waals surface area (Å²) < 4.78 is 2.11. The molecular weight excluding hydrogens is 645 g/mol. The average molecular weight is 686 g/mol. The first-order valence-electron chi connectivity index (χ1n) is 12.9. The summed E-state index contributed by atoms with van der Waals surface area (Å²) in [6.45, 7) is 5.40. The van der Waals surface area contributed by atoms with Crippen molar-refractivity contribution in [2.24, 2.45) is 0 Å². The Morgan fingerprint density at radius 2 is 1.52 bits per heavy atom. The molecule has 15 nitrogen and oxygen atoms in total. The molecule has 248 valence electrons. The molecule has 0 amide bonds. The van der Waals surface area contributed by atoms with E-state index in [9.17, 15) is 46.0 Å². The van der Waals surface area contributed by atoms with Crippen LogP contribution in [0.4, 0.5) is 5.82 Å². The zero-order chi connectivity index (χ0) is 31.5. The van der Waals surface area contributed by atoms with Gasteiger partial charge < -0.3 is 56.8 Å². The van der Waals surface area contributed by atoms with Crippen LogP contribution >= 0.6 is 36.2 Å². The van der Waals surface area contributed by atoms with Crippen LogP contribution in [-0.2, 0) is 19.6 Å². The van der Waals surface area contributed by atoms with Crippen molar-refractivity contribution >= 4 is 42.0 Å². The number of halogens is 2. The van der Waals surface area contributed by atoms with Gasteiger partial charge in [0.05, 0.1) is 22.7 Å². The quantitative estimate of drug-likeness (QED) is 0.116. The van der Waals surface area contributed by atoms with Gasteiger partial charge in [0.15, 0.2) is 17.8 Å². The van der Waals surface area contributed by atoms with Crippen molar-refractivity contribution in [3.63, 3.8) is 0 Å². The van der Waals surface area contributed by atoms with Gasteiger partial charge in [0.1, 0.15) is 54.0 Å². The molecule has 4 rings (SSSR count). The zero-order valence-corrected chi connectivity index (χ0v) is 26.5. The first-order valence-corrected chi connectivity index (χ1v) is 13.8. The highest BCUT2D eigenvalue weighted by Gasteiger charge is 2.61. The molecule has 3 heterocycles. The fourth-order valence-electron chi connectivity index (χ4n) is 4.70. The Bertz CT molecular complexity index is 1370. The third kappa shape index (κ3) is 7.72. The molecule has 1 aliphatic carbocycles. The maximum Gasteiger partial charge on any atom is 0.225 e. The van der Waals surface area contributed by atoms with Gasteiger partial charge in [0, 0.05) is 43.5 Å². The fourth-order valence-corrected chi connectivity index (χ4v) is 5.69. The van der Waals surface area contributed by atoms with Crippen LogP contribution in [0.25, 0.3) is 0 Å². The number of thiazole rings is 1. The molecule has 12 N–H and O–H groups in total. The lowest BCUT2D eigenvalue weighted by atomic mass is 9.70. The number of hydrogen-bond donors (Lipinski definition) is 11. The summed E-state index contributed by atoms with van der Waals surface area (Å²) in [7, 11) is 0. The molecule has 1 aliphatic rings. The van der Waals surface area contributed by atoms with E-state index in [2.05, 4.69) is 19.5 Å². The molecule has 0 saturated heterocycles. The third-order valence-corrected chi connectivity index (χ3v) is 8.53. The van der Waals surface area contributed by atoms with Crippen LogP contribution in [0.1, 0.15) is 44.9 Å². The fraction of sp³-hybridized carbons (Fsp3) is 0.538. The van der Waals surface area contributed by atoms with Crippen molar-refractivity contribution in [1.82, 2.24) is 15.0 Å². The normalized spacial score (nSPS) is 25.2. The molecule has 0 aliphatic heterocycles. The summed E-state index contributed by atoms with van der Waals surface area (Å²) >= 11 is 1.65. The highest BCUT2D eigenvalue weighted by molar-refractivity contribution is 7.09. The lowest BCUT2D eigenvalue weighted by Crippen LogP contribution is -2.72. The van der Waals surface area contributed by atoms with Crippen molar-refractivity contribution in [3.8, 4) is 5.75 Å². The topological polar surface area (TPSA) is 271 Å². The van der Waals surface area contributed by atoms with Gasteiger partial charge in [0.2, 0.25) is 5.51 Å². The first kappa shape index (κ1) is 39.7. The van der Waals surface area contributed by atoms with Crippen LogP contribution in [0.3, 0.4) is 0 Å². The highest BCUT2D eigenvalue weighted by Crippen LogP contribution is 2.43.